The van der Waals surface area contributed by atoms with Gasteiger partial charge < -0.3 is 10.5 Å². The maximum absolute atomic E-state index is 12.6. The second-order valence-corrected chi connectivity index (χ2v) is 7.22. The molecule has 3 rings (SSSR count). The van der Waals surface area contributed by atoms with E-state index in [9.17, 15) is 19.2 Å². The first-order valence-electron chi connectivity index (χ1n) is 9.16. The van der Waals surface area contributed by atoms with Gasteiger partial charge in [-0.25, -0.2) is 14.3 Å². The molecule has 2 heterocycles. The van der Waals surface area contributed by atoms with Crippen LogP contribution in [-0.2, 0) is 25.4 Å². The smallest absolute Gasteiger partial charge is 0.343 e. The van der Waals surface area contributed by atoms with E-state index in [0.717, 1.165) is 14.7 Å². The lowest BCUT2D eigenvalue weighted by molar-refractivity contribution is 0.0473. The van der Waals surface area contributed by atoms with Crippen LogP contribution in [0.2, 0.25) is 5.15 Å². The second kappa shape index (κ2) is 8.60. The lowest BCUT2D eigenvalue weighted by Gasteiger charge is -2.11. The molecule has 0 spiro atoms. The fourth-order valence-electron chi connectivity index (χ4n) is 3.04. The first kappa shape index (κ1) is 22.0. The predicted molar refractivity (Wildman–Crippen MR) is 113 cm³/mol. The van der Waals surface area contributed by atoms with Crippen LogP contribution >= 0.6 is 11.6 Å². The van der Waals surface area contributed by atoms with E-state index in [1.54, 1.807) is 6.92 Å². The highest BCUT2D eigenvalue weighted by Crippen LogP contribution is 2.22. The first-order chi connectivity index (χ1) is 14.6. The number of Topliss-reactive ketones (excluding diaryl/α,β-unsaturated/α-hetero) is 1. The van der Waals surface area contributed by atoms with Gasteiger partial charge in [0.05, 0.1) is 12.2 Å². The molecule has 0 saturated heterocycles. The Kier molecular flexibility index (Phi) is 6.11. The van der Waals surface area contributed by atoms with Crippen molar-refractivity contribution in [3.05, 3.63) is 78.7 Å². The summed E-state index contributed by atoms with van der Waals surface area (Å²) in [7, 11) is 2.54. The lowest BCUT2D eigenvalue weighted by atomic mass is 10.2. The number of anilines is 1. The molecule has 0 amide bonds. The fraction of sp³-hybridized carbons (Fsp3) is 0.250. The molecule has 1 aromatic carbocycles. The van der Waals surface area contributed by atoms with Gasteiger partial charge in [0.25, 0.3) is 5.56 Å². The van der Waals surface area contributed by atoms with Crippen LogP contribution in [0.25, 0.3) is 0 Å². The van der Waals surface area contributed by atoms with E-state index < -0.39 is 35.2 Å². The van der Waals surface area contributed by atoms with E-state index in [2.05, 4.69) is 5.10 Å². The van der Waals surface area contributed by atoms with Crippen LogP contribution in [0.5, 0.6) is 0 Å². The maximum atomic E-state index is 12.6. The molecule has 0 saturated carbocycles. The Hall–Kier alpha value is -3.66. The Labute approximate surface area is 181 Å². The molecule has 31 heavy (non-hydrogen) atoms. The third-order valence-corrected chi connectivity index (χ3v) is 5.15. The van der Waals surface area contributed by atoms with Gasteiger partial charge in [-0.2, -0.15) is 5.10 Å². The van der Waals surface area contributed by atoms with Crippen LogP contribution in [0, 0.1) is 6.92 Å². The molecule has 0 unspecified atom stereocenters. The summed E-state index contributed by atoms with van der Waals surface area (Å²) < 4.78 is 8.24. The maximum Gasteiger partial charge on any atom is 0.343 e. The van der Waals surface area contributed by atoms with Crippen LogP contribution in [0.4, 0.5) is 5.82 Å². The highest BCUT2D eigenvalue weighted by atomic mass is 35.5. The molecule has 0 fully saturated rings. The van der Waals surface area contributed by atoms with E-state index in [0.29, 0.717) is 12.2 Å². The Bertz CT molecular complexity index is 1290. The minimum atomic E-state index is -0.869. The average molecular weight is 446 g/mol. The van der Waals surface area contributed by atoms with Gasteiger partial charge in [-0.1, -0.05) is 41.9 Å². The quantitative estimate of drug-likeness (QED) is 0.440. The number of benzene rings is 1. The molecule has 0 bridgehead atoms. The monoisotopic (exact) mass is 445 g/mol. The van der Waals surface area contributed by atoms with Crippen LogP contribution in [0.15, 0.2) is 39.9 Å². The number of rotatable bonds is 6. The Balaban J connectivity index is 1.80. The molecule has 11 heteroatoms. The summed E-state index contributed by atoms with van der Waals surface area (Å²) >= 11 is 6.32. The van der Waals surface area contributed by atoms with Gasteiger partial charge in [-0.3, -0.25) is 18.7 Å². The highest BCUT2D eigenvalue weighted by molar-refractivity contribution is 6.32. The number of nitrogen functional groups attached to an aromatic ring is 1. The SMILES string of the molecule is Cc1nn(Cc2ccccc2)c(Cl)c1C(=O)OCC(=O)c1c(N)n(C)c(=O)n(C)c1=O. The molecular formula is C20H20ClN5O5. The number of carbonyl (C=O) groups excluding carboxylic acids is 2. The van der Waals surface area contributed by atoms with Crippen molar-refractivity contribution in [1.82, 2.24) is 18.9 Å². The third-order valence-electron chi connectivity index (χ3n) is 4.77. The molecule has 3 aromatic rings. The number of esters is 1. The van der Waals surface area contributed by atoms with Crippen LogP contribution < -0.4 is 17.0 Å². The topological polar surface area (TPSA) is 131 Å². The number of hydrogen-bond acceptors (Lipinski definition) is 7. The van der Waals surface area contributed by atoms with E-state index in [-0.39, 0.29) is 16.5 Å². The lowest BCUT2D eigenvalue weighted by Crippen LogP contribution is -2.42. The molecule has 0 atom stereocenters. The molecule has 0 radical (unpaired) electrons. The third kappa shape index (κ3) is 4.15. The van der Waals surface area contributed by atoms with Crippen molar-refractivity contribution in [2.24, 2.45) is 14.1 Å². The zero-order chi connectivity index (χ0) is 22.9. The van der Waals surface area contributed by atoms with E-state index in [1.807, 2.05) is 30.3 Å². The molecule has 10 nitrogen and oxygen atoms in total. The molecule has 0 aliphatic rings. The number of carbonyl (C=O) groups is 2. The fourth-order valence-corrected chi connectivity index (χ4v) is 3.36. The number of aromatic nitrogens is 4. The van der Waals surface area contributed by atoms with Gasteiger partial charge in [0.15, 0.2) is 6.61 Å². The number of halogens is 1. The Morgan fingerprint density at radius 2 is 1.74 bits per heavy atom. The normalized spacial score (nSPS) is 10.8. The van der Waals surface area contributed by atoms with Gasteiger partial charge in [-0.15, -0.1) is 0 Å². The molecule has 0 aliphatic carbocycles. The summed E-state index contributed by atoms with van der Waals surface area (Å²) in [5.41, 5.74) is 5.06. The van der Waals surface area contributed by atoms with Crippen LogP contribution in [0.3, 0.4) is 0 Å². The number of ether oxygens (including phenoxy) is 1. The minimum Gasteiger partial charge on any atom is -0.454 e. The summed E-state index contributed by atoms with van der Waals surface area (Å²) in [5.74, 6) is -2.01. The zero-order valence-corrected chi connectivity index (χ0v) is 17.8. The van der Waals surface area contributed by atoms with Gasteiger partial charge in [-0.05, 0) is 12.5 Å². The van der Waals surface area contributed by atoms with Crippen molar-refractivity contribution in [2.75, 3.05) is 12.3 Å². The summed E-state index contributed by atoms with van der Waals surface area (Å²) in [6.45, 7) is 1.18. The number of ketones is 1. The van der Waals surface area contributed by atoms with E-state index >= 15 is 0 Å². The van der Waals surface area contributed by atoms with Gasteiger partial charge in [0.1, 0.15) is 22.1 Å². The van der Waals surface area contributed by atoms with Crippen molar-refractivity contribution in [3.63, 3.8) is 0 Å². The standard InChI is InChI=1S/C20H20ClN5O5/c1-11-14(16(21)26(23-11)9-12-7-5-4-6-8-12)19(29)31-10-13(27)15-17(22)24(2)20(30)25(3)18(15)28/h4-8H,9-10,22H2,1-3H3. The molecule has 162 valence electrons. The van der Waals surface area contributed by atoms with Crippen molar-refractivity contribution in [1.29, 1.82) is 0 Å². The summed E-state index contributed by atoms with van der Waals surface area (Å²) in [6, 6.07) is 9.40. The predicted octanol–water partition coefficient (Wildman–Crippen LogP) is 0.913. The number of nitrogens with two attached hydrogens (primary N) is 1. The molecular weight excluding hydrogens is 426 g/mol. The zero-order valence-electron chi connectivity index (χ0n) is 17.1. The van der Waals surface area contributed by atoms with Gasteiger partial charge >= 0.3 is 11.7 Å². The molecule has 2 aromatic heterocycles. The Morgan fingerprint density at radius 3 is 2.39 bits per heavy atom. The summed E-state index contributed by atoms with van der Waals surface area (Å²) in [5, 5.41) is 4.33. The summed E-state index contributed by atoms with van der Waals surface area (Å²) in [4.78, 5) is 49.2. The number of nitrogens with zero attached hydrogens (tertiary/aromatic N) is 4. The number of hydrogen-bond donors (Lipinski definition) is 1. The van der Waals surface area contributed by atoms with Gasteiger partial charge in [0.2, 0.25) is 5.78 Å². The summed E-state index contributed by atoms with van der Waals surface area (Å²) in [6.07, 6.45) is 0. The van der Waals surface area contributed by atoms with Crippen molar-refractivity contribution in [3.8, 4) is 0 Å². The van der Waals surface area contributed by atoms with Gasteiger partial charge in [0, 0.05) is 14.1 Å². The Morgan fingerprint density at radius 1 is 1.10 bits per heavy atom. The molecule has 2 N–H and O–H groups in total. The van der Waals surface area contributed by atoms with Crippen LogP contribution in [0.1, 0.15) is 32.0 Å². The van der Waals surface area contributed by atoms with Crippen molar-refractivity contribution < 1.29 is 14.3 Å². The van der Waals surface area contributed by atoms with Crippen LogP contribution in [-0.4, -0.2) is 37.3 Å². The first-order valence-corrected chi connectivity index (χ1v) is 9.54. The largest absolute Gasteiger partial charge is 0.454 e. The second-order valence-electron chi connectivity index (χ2n) is 6.86. The van der Waals surface area contributed by atoms with Crippen molar-refractivity contribution in [2.45, 2.75) is 13.5 Å². The average Bonchev–Trinajstić information content (AvgIpc) is 3.02. The minimum absolute atomic E-state index is 0.0201. The van der Waals surface area contributed by atoms with E-state index in [4.69, 9.17) is 22.1 Å². The number of aryl methyl sites for hydroxylation is 1. The highest BCUT2D eigenvalue weighted by Gasteiger charge is 2.25. The molecule has 0 aliphatic heterocycles. The van der Waals surface area contributed by atoms with E-state index in [1.165, 1.54) is 18.8 Å². The van der Waals surface area contributed by atoms with Crippen molar-refractivity contribution >= 4 is 29.2 Å².